The molecule has 92 valence electrons. The van der Waals surface area contributed by atoms with Gasteiger partial charge in [-0.1, -0.05) is 34.6 Å². The van der Waals surface area contributed by atoms with E-state index in [9.17, 15) is 0 Å². The molecular formula is C13H28ClN. The van der Waals surface area contributed by atoms with E-state index in [1.54, 1.807) is 0 Å². The average Bonchev–Trinajstić information content (AvgIpc) is 2.11. The van der Waals surface area contributed by atoms with Crippen LogP contribution in [0.2, 0.25) is 0 Å². The minimum absolute atomic E-state index is 0.481. The van der Waals surface area contributed by atoms with Gasteiger partial charge in [-0.15, -0.1) is 11.6 Å². The molecule has 0 spiro atoms. The molecule has 0 saturated heterocycles. The molecule has 0 rings (SSSR count). The molecule has 0 amide bonds. The fourth-order valence-corrected chi connectivity index (χ4v) is 2.28. The van der Waals surface area contributed by atoms with Crippen molar-refractivity contribution in [3.8, 4) is 0 Å². The van der Waals surface area contributed by atoms with Crippen LogP contribution >= 0.6 is 11.6 Å². The molecule has 15 heavy (non-hydrogen) atoms. The van der Waals surface area contributed by atoms with Gasteiger partial charge < -0.3 is 5.32 Å². The van der Waals surface area contributed by atoms with Gasteiger partial charge in [0.15, 0.2) is 0 Å². The fourth-order valence-electron chi connectivity index (χ4n) is 1.98. The quantitative estimate of drug-likeness (QED) is 0.624. The molecule has 1 N–H and O–H groups in total. The standard InChI is InChI=1S/C13H28ClN/c1-6-12(9-14)15-13(7-10(2)3)8-11(4)5/h10-13,15H,6-9H2,1-5H3/t12-/m1/s1. The van der Waals surface area contributed by atoms with E-state index in [0.29, 0.717) is 12.1 Å². The lowest BCUT2D eigenvalue weighted by atomic mass is 9.95. The lowest BCUT2D eigenvalue weighted by Crippen LogP contribution is -2.40. The van der Waals surface area contributed by atoms with Crippen LogP contribution in [-0.4, -0.2) is 18.0 Å². The summed E-state index contributed by atoms with van der Waals surface area (Å²) in [5, 5.41) is 3.68. The maximum Gasteiger partial charge on any atom is 0.0377 e. The van der Waals surface area contributed by atoms with Crippen molar-refractivity contribution < 1.29 is 0 Å². The van der Waals surface area contributed by atoms with E-state index < -0.39 is 0 Å². The molecule has 0 aliphatic carbocycles. The van der Waals surface area contributed by atoms with Crippen LogP contribution < -0.4 is 5.32 Å². The number of halogens is 1. The first-order valence-corrected chi connectivity index (χ1v) is 6.85. The first-order valence-electron chi connectivity index (χ1n) is 6.31. The smallest absolute Gasteiger partial charge is 0.0377 e. The SMILES string of the molecule is CC[C@H](CCl)NC(CC(C)C)CC(C)C. The molecule has 0 bridgehead atoms. The maximum absolute atomic E-state index is 5.92. The van der Waals surface area contributed by atoms with Gasteiger partial charge in [0.1, 0.15) is 0 Å². The molecule has 0 unspecified atom stereocenters. The molecule has 0 aromatic carbocycles. The van der Waals surface area contributed by atoms with E-state index in [1.165, 1.54) is 12.8 Å². The second kappa shape index (κ2) is 8.41. The number of alkyl halides is 1. The van der Waals surface area contributed by atoms with Crippen molar-refractivity contribution in [1.82, 2.24) is 5.32 Å². The lowest BCUT2D eigenvalue weighted by molar-refractivity contribution is 0.331. The molecular weight excluding hydrogens is 206 g/mol. The van der Waals surface area contributed by atoms with Crippen molar-refractivity contribution in [2.75, 3.05) is 5.88 Å². The molecule has 1 nitrogen and oxygen atoms in total. The average molecular weight is 234 g/mol. The van der Waals surface area contributed by atoms with E-state index in [4.69, 9.17) is 11.6 Å². The van der Waals surface area contributed by atoms with Gasteiger partial charge in [0, 0.05) is 18.0 Å². The highest BCUT2D eigenvalue weighted by Crippen LogP contribution is 2.14. The van der Waals surface area contributed by atoms with Crippen molar-refractivity contribution in [3.63, 3.8) is 0 Å². The van der Waals surface area contributed by atoms with E-state index >= 15 is 0 Å². The summed E-state index contributed by atoms with van der Waals surface area (Å²) in [6.07, 6.45) is 3.63. The molecule has 0 aliphatic rings. The van der Waals surface area contributed by atoms with Crippen LogP contribution in [0.4, 0.5) is 0 Å². The largest absolute Gasteiger partial charge is 0.310 e. The maximum atomic E-state index is 5.92. The Labute approximate surface area is 101 Å². The summed E-state index contributed by atoms with van der Waals surface area (Å²) in [5.41, 5.74) is 0. The highest BCUT2D eigenvalue weighted by atomic mass is 35.5. The van der Waals surface area contributed by atoms with Crippen molar-refractivity contribution in [3.05, 3.63) is 0 Å². The van der Waals surface area contributed by atoms with Gasteiger partial charge in [-0.2, -0.15) is 0 Å². The van der Waals surface area contributed by atoms with Crippen molar-refractivity contribution in [2.45, 2.75) is 66.0 Å². The topological polar surface area (TPSA) is 12.0 Å². The van der Waals surface area contributed by atoms with Crippen LogP contribution in [0.15, 0.2) is 0 Å². The van der Waals surface area contributed by atoms with Crippen LogP contribution in [-0.2, 0) is 0 Å². The van der Waals surface area contributed by atoms with Crippen LogP contribution in [0.25, 0.3) is 0 Å². The summed E-state index contributed by atoms with van der Waals surface area (Å²) in [5.74, 6) is 2.24. The Morgan fingerprint density at radius 3 is 1.67 bits per heavy atom. The highest BCUT2D eigenvalue weighted by molar-refractivity contribution is 6.18. The third-order valence-electron chi connectivity index (χ3n) is 2.66. The van der Waals surface area contributed by atoms with Crippen LogP contribution in [0.5, 0.6) is 0 Å². The molecule has 0 aromatic heterocycles. The zero-order chi connectivity index (χ0) is 11.8. The summed E-state index contributed by atoms with van der Waals surface area (Å²) in [4.78, 5) is 0. The van der Waals surface area contributed by atoms with Crippen molar-refractivity contribution in [1.29, 1.82) is 0 Å². The van der Waals surface area contributed by atoms with E-state index in [2.05, 4.69) is 39.9 Å². The summed E-state index contributed by atoms with van der Waals surface area (Å²) < 4.78 is 0. The Morgan fingerprint density at radius 2 is 1.40 bits per heavy atom. The van der Waals surface area contributed by atoms with Gasteiger partial charge in [-0.3, -0.25) is 0 Å². The Morgan fingerprint density at radius 1 is 0.933 bits per heavy atom. The minimum atomic E-state index is 0.481. The molecule has 0 aliphatic heterocycles. The predicted octanol–water partition coefficient (Wildman–Crippen LogP) is 4.05. The molecule has 1 atom stereocenters. The zero-order valence-electron chi connectivity index (χ0n) is 11.0. The first kappa shape index (κ1) is 15.2. The number of nitrogens with one attached hydrogen (secondary N) is 1. The minimum Gasteiger partial charge on any atom is -0.310 e. The predicted molar refractivity (Wildman–Crippen MR) is 70.6 cm³/mol. The molecule has 2 heteroatoms. The number of hydrogen-bond donors (Lipinski definition) is 1. The second-order valence-corrected chi connectivity index (χ2v) is 5.69. The monoisotopic (exact) mass is 233 g/mol. The molecule has 0 heterocycles. The normalized spacial score (nSPS) is 14.2. The van der Waals surface area contributed by atoms with Gasteiger partial charge in [0.25, 0.3) is 0 Å². The molecule has 0 aromatic rings. The number of hydrogen-bond acceptors (Lipinski definition) is 1. The van der Waals surface area contributed by atoms with E-state index in [1.807, 2.05) is 0 Å². The second-order valence-electron chi connectivity index (χ2n) is 5.38. The Balaban J connectivity index is 4.09. The Bertz CT molecular complexity index is 131. The van der Waals surface area contributed by atoms with Crippen molar-refractivity contribution >= 4 is 11.6 Å². The first-order chi connectivity index (χ1) is 6.99. The van der Waals surface area contributed by atoms with Crippen LogP contribution in [0.1, 0.15) is 53.9 Å². The third kappa shape index (κ3) is 8.10. The summed E-state index contributed by atoms with van der Waals surface area (Å²) in [7, 11) is 0. The van der Waals surface area contributed by atoms with Gasteiger partial charge in [0.05, 0.1) is 0 Å². The Hall–Kier alpha value is 0.250. The Kier molecular flexibility index (Phi) is 8.55. The number of rotatable bonds is 8. The summed E-state index contributed by atoms with van der Waals surface area (Å²) in [6.45, 7) is 11.3. The van der Waals surface area contributed by atoms with Gasteiger partial charge in [-0.05, 0) is 31.1 Å². The summed E-state index contributed by atoms with van der Waals surface area (Å²) in [6, 6.07) is 1.11. The zero-order valence-corrected chi connectivity index (χ0v) is 11.8. The van der Waals surface area contributed by atoms with Crippen molar-refractivity contribution in [2.24, 2.45) is 11.8 Å². The molecule has 0 saturated carbocycles. The van der Waals surface area contributed by atoms with Crippen LogP contribution in [0, 0.1) is 11.8 Å². The third-order valence-corrected chi connectivity index (χ3v) is 3.03. The molecule has 0 fully saturated rings. The lowest BCUT2D eigenvalue weighted by Gasteiger charge is -2.26. The molecule has 0 radical (unpaired) electrons. The fraction of sp³-hybridized carbons (Fsp3) is 1.00. The van der Waals surface area contributed by atoms with Gasteiger partial charge in [0.2, 0.25) is 0 Å². The highest BCUT2D eigenvalue weighted by Gasteiger charge is 2.15. The van der Waals surface area contributed by atoms with E-state index in [0.717, 1.165) is 24.1 Å². The van der Waals surface area contributed by atoms with Crippen LogP contribution in [0.3, 0.4) is 0 Å². The van der Waals surface area contributed by atoms with E-state index in [-0.39, 0.29) is 0 Å². The van der Waals surface area contributed by atoms with Gasteiger partial charge in [-0.25, -0.2) is 0 Å². The van der Waals surface area contributed by atoms with Gasteiger partial charge >= 0.3 is 0 Å². The summed E-state index contributed by atoms with van der Waals surface area (Å²) >= 11 is 5.92.